The molecule has 92 valence electrons. The molecule has 0 spiro atoms. The zero-order chi connectivity index (χ0) is 12.4. The molecule has 17 heavy (non-hydrogen) atoms. The Kier molecular flexibility index (Phi) is 3.79. The molecule has 0 aromatic heterocycles. The summed E-state index contributed by atoms with van der Waals surface area (Å²) in [6.45, 7) is 3.24. The molecule has 1 aromatic rings. The van der Waals surface area contributed by atoms with Crippen molar-refractivity contribution in [2.24, 2.45) is 0 Å². The fourth-order valence-corrected chi connectivity index (χ4v) is 2.58. The second-order valence-corrected chi connectivity index (χ2v) is 5.45. The van der Waals surface area contributed by atoms with Gasteiger partial charge in [-0.3, -0.25) is 0 Å². The Hall–Kier alpha value is -0.930. The third-order valence-electron chi connectivity index (χ3n) is 3.66. The highest BCUT2D eigenvalue weighted by molar-refractivity contribution is 7.80. The van der Waals surface area contributed by atoms with Crippen molar-refractivity contribution in [3.8, 4) is 0 Å². The maximum atomic E-state index is 5.36. The highest BCUT2D eigenvalue weighted by Crippen LogP contribution is 2.28. The number of thiocarbonyl (C=S) groups is 1. The van der Waals surface area contributed by atoms with Gasteiger partial charge in [-0.1, -0.05) is 36.5 Å². The van der Waals surface area contributed by atoms with Crippen molar-refractivity contribution in [2.75, 3.05) is 20.6 Å². The summed E-state index contributed by atoms with van der Waals surface area (Å²) in [5, 5.41) is 3.35. The van der Waals surface area contributed by atoms with Crippen molar-refractivity contribution in [2.45, 2.75) is 25.3 Å². The molecule has 1 aromatic carbocycles. The number of nitrogens with one attached hydrogen (secondary N) is 1. The first kappa shape index (κ1) is 12.5. The average Bonchev–Trinajstić information content (AvgIpc) is 2.33. The molecule has 1 heterocycles. The molecule has 2 nitrogen and oxygen atoms in total. The number of benzene rings is 1. The third-order valence-corrected chi connectivity index (χ3v) is 4.03. The van der Waals surface area contributed by atoms with Crippen LogP contribution in [0.25, 0.3) is 0 Å². The molecule has 0 fully saturated rings. The van der Waals surface area contributed by atoms with Crippen LogP contribution < -0.4 is 5.32 Å². The van der Waals surface area contributed by atoms with E-state index < -0.39 is 0 Å². The van der Waals surface area contributed by atoms with Crippen molar-refractivity contribution in [3.05, 3.63) is 35.4 Å². The minimum absolute atomic E-state index is 0.565. The lowest BCUT2D eigenvalue weighted by molar-refractivity contribution is 0.282. The molecule has 2 unspecified atom stereocenters. The van der Waals surface area contributed by atoms with Gasteiger partial charge in [-0.2, -0.15) is 0 Å². The Balaban J connectivity index is 2.21. The van der Waals surface area contributed by atoms with Crippen LogP contribution in [-0.4, -0.2) is 36.6 Å². The molecule has 0 radical (unpaired) electrons. The monoisotopic (exact) mass is 248 g/mol. The van der Waals surface area contributed by atoms with E-state index in [2.05, 4.69) is 55.5 Å². The van der Waals surface area contributed by atoms with Gasteiger partial charge in [-0.15, -0.1) is 0 Å². The van der Waals surface area contributed by atoms with Gasteiger partial charge in [-0.05, 0) is 33.0 Å². The molecule has 2 rings (SSSR count). The van der Waals surface area contributed by atoms with Gasteiger partial charge in [0.1, 0.15) is 4.99 Å². The fourth-order valence-electron chi connectivity index (χ4n) is 2.31. The molecule has 2 atom stereocenters. The van der Waals surface area contributed by atoms with Crippen LogP contribution in [0, 0.1) is 0 Å². The van der Waals surface area contributed by atoms with E-state index in [0.29, 0.717) is 12.0 Å². The Bertz CT molecular complexity index is 414. The quantitative estimate of drug-likeness (QED) is 0.827. The molecule has 0 saturated heterocycles. The predicted molar refractivity (Wildman–Crippen MR) is 76.7 cm³/mol. The fraction of sp³-hybridized carbons (Fsp3) is 0.500. The molecular weight excluding hydrogens is 228 g/mol. The predicted octanol–water partition coefficient (Wildman–Crippen LogP) is 2.39. The summed E-state index contributed by atoms with van der Waals surface area (Å²) >= 11 is 5.36. The lowest BCUT2D eigenvalue weighted by atomic mass is 9.86. The summed E-state index contributed by atoms with van der Waals surface area (Å²) in [5.41, 5.74) is 2.62. The van der Waals surface area contributed by atoms with Crippen molar-refractivity contribution in [1.29, 1.82) is 0 Å². The van der Waals surface area contributed by atoms with Gasteiger partial charge in [0, 0.05) is 24.1 Å². The van der Waals surface area contributed by atoms with Crippen molar-refractivity contribution in [3.63, 3.8) is 0 Å². The van der Waals surface area contributed by atoms with Gasteiger partial charge in [-0.25, -0.2) is 0 Å². The highest BCUT2D eigenvalue weighted by atomic mass is 32.1. The van der Waals surface area contributed by atoms with E-state index in [-0.39, 0.29) is 0 Å². The van der Waals surface area contributed by atoms with Crippen molar-refractivity contribution < 1.29 is 0 Å². The highest BCUT2D eigenvalue weighted by Gasteiger charge is 2.24. The first-order valence-corrected chi connectivity index (χ1v) is 6.54. The van der Waals surface area contributed by atoms with Crippen molar-refractivity contribution >= 4 is 17.2 Å². The van der Waals surface area contributed by atoms with Crippen LogP contribution in [0.3, 0.4) is 0 Å². The number of fused-ring (bicyclic) bond motifs is 1. The maximum Gasteiger partial charge on any atom is 0.106 e. The molecule has 1 N–H and O–H groups in total. The van der Waals surface area contributed by atoms with E-state index in [1.807, 2.05) is 0 Å². The molecule has 0 bridgehead atoms. The minimum atomic E-state index is 0.565. The van der Waals surface area contributed by atoms with E-state index >= 15 is 0 Å². The number of hydrogen-bond acceptors (Lipinski definition) is 2. The topological polar surface area (TPSA) is 15.3 Å². The largest absolute Gasteiger partial charge is 0.375 e. The Morgan fingerprint density at radius 3 is 2.82 bits per heavy atom. The van der Waals surface area contributed by atoms with Gasteiger partial charge >= 0.3 is 0 Å². The summed E-state index contributed by atoms with van der Waals surface area (Å²) in [7, 11) is 4.27. The molecular formula is C14H20N2S. The first-order valence-electron chi connectivity index (χ1n) is 6.13. The Morgan fingerprint density at radius 2 is 2.12 bits per heavy atom. The van der Waals surface area contributed by atoms with Gasteiger partial charge in [0.15, 0.2) is 0 Å². The smallest absolute Gasteiger partial charge is 0.106 e. The van der Waals surface area contributed by atoms with E-state index in [1.165, 1.54) is 17.5 Å². The van der Waals surface area contributed by atoms with Crippen LogP contribution in [0.15, 0.2) is 24.3 Å². The standard InChI is InChI=1S/C14H20N2S/c1-10(16(2)3)8-11-9-15-14(17)13-7-5-4-6-12(11)13/h4-7,10-11H,8-9H2,1-3H3,(H,15,17). The minimum Gasteiger partial charge on any atom is -0.375 e. The Morgan fingerprint density at radius 1 is 1.41 bits per heavy atom. The van der Waals surface area contributed by atoms with Crippen LogP contribution in [-0.2, 0) is 0 Å². The van der Waals surface area contributed by atoms with Crippen LogP contribution in [0.5, 0.6) is 0 Å². The van der Waals surface area contributed by atoms with E-state index in [0.717, 1.165) is 11.5 Å². The summed E-state index contributed by atoms with van der Waals surface area (Å²) in [6.07, 6.45) is 1.17. The Labute approximate surface area is 109 Å². The first-order chi connectivity index (χ1) is 8.09. The second-order valence-electron chi connectivity index (χ2n) is 5.04. The number of hydrogen-bond donors (Lipinski definition) is 1. The lowest BCUT2D eigenvalue weighted by Gasteiger charge is -2.31. The number of nitrogens with zero attached hydrogens (tertiary/aromatic N) is 1. The molecule has 0 saturated carbocycles. The van der Waals surface area contributed by atoms with E-state index in [1.54, 1.807) is 0 Å². The zero-order valence-corrected chi connectivity index (χ0v) is 11.6. The summed E-state index contributed by atoms with van der Waals surface area (Å²) < 4.78 is 0. The van der Waals surface area contributed by atoms with E-state index in [4.69, 9.17) is 12.2 Å². The normalized spacial score (nSPS) is 20.9. The molecule has 3 heteroatoms. The van der Waals surface area contributed by atoms with Gasteiger partial charge in [0.05, 0.1) is 0 Å². The number of rotatable bonds is 3. The summed E-state index contributed by atoms with van der Waals surface area (Å²) in [4.78, 5) is 3.17. The summed E-state index contributed by atoms with van der Waals surface area (Å²) in [5.74, 6) is 0.565. The zero-order valence-electron chi connectivity index (χ0n) is 10.7. The SMILES string of the molecule is CC(CC1CNC(=S)c2ccccc21)N(C)C. The molecule has 1 aliphatic heterocycles. The molecule has 0 aliphatic carbocycles. The maximum absolute atomic E-state index is 5.36. The molecule has 0 amide bonds. The van der Waals surface area contributed by atoms with Gasteiger partial charge < -0.3 is 10.2 Å². The lowest BCUT2D eigenvalue weighted by Crippen LogP contribution is -2.37. The third kappa shape index (κ3) is 2.67. The second kappa shape index (κ2) is 5.15. The van der Waals surface area contributed by atoms with E-state index in [9.17, 15) is 0 Å². The van der Waals surface area contributed by atoms with Crippen molar-refractivity contribution in [1.82, 2.24) is 10.2 Å². The molecule has 1 aliphatic rings. The summed E-state index contributed by atoms with van der Waals surface area (Å²) in [6, 6.07) is 9.10. The average molecular weight is 248 g/mol. The van der Waals surface area contributed by atoms with Gasteiger partial charge in [0.25, 0.3) is 0 Å². The van der Waals surface area contributed by atoms with Crippen LogP contribution in [0.1, 0.15) is 30.4 Å². The van der Waals surface area contributed by atoms with Crippen LogP contribution in [0.2, 0.25) is 0 Å². The van der Waals surface area contributed by atoms with Gasteiger partial charge in [0.2, 0.25) is 0 Å². The van der Waals surface area contributed by atoms with Crippen LogP contribution >= 0.6 is 12.2 Å². The van der Waals surface area contributed by atoms with Crippen LogP contribution in [0.4, 0.5) is 0 Å².